The summed E-state index contributed by atoms with van der Waals surface area (Å²) >= 11 is 5.84. The second-order valence-corrected chi connectivity index (χ2v) is 6.50. The van der Waals surface area contributed by atoms with Crippen LogP contribution in [0.3, 0.4) is 0 Å². The molecule has 1 aliphatic heterocycles. The van der Waals surface area contributed by atoms with E-state index in [-0.39, 0.29) is 0 Å². The van der Waals surface area contributed by atoms with E-state index in [1.165, 1.54) is 0 Å². The molecule has 1 saturated heterocycles. The van der Waals surface area contributed by atoms with E-state index in [9.17, 15) is 4.39 Å². The third-order valence-electron chi connectivity index (χ3n) is 4.10. The van der Waals surface area contributed by atoms with Crippen LogP contribution in [-0.4, -0.2) is 18.3 Å². The summed E-state index contributed by atoms with van der Waals surface area (Å²) in [5.41, 5.74) is -0.224. The Morgan fingerprint density at radius 3 is 1.95 bits per heavy atom. The maximum absolute atomic E-state index is 14.6. The van der Waals surface area contributed by atoms with Gasteiger partial charge in [0.25, 0.3) is 0 Å². The van der Waals surface area contributed by atoms with Crippen molar-refractivity contribution in [1.29, 1.82) is 0 Å². The molecule has 0 radical (unpaired) electrons. The smallest absolute Gasteiger partial charge is 0.398 e. The van der Waals surface area contributed by atoms with E-state index in [2.05, 4.69) is 0 Å². The predicted octanol–water partition coefficient (Wildman–Crippen LogP) is 4.67. The Labute approximate surface area is 125 Å². The van der Waals surface area contributed by atoms with Gasteiger partial charge >= 0.3 is 7.12 Å². The molecule has 20 heavy (non-hydrogen) atoms. The molecule has 0 unspecified atom stereocenters. The molecule has 108 valence electrons. The fraction of sp³-hybridized carbons (Fsp3) is 0.467. The molecule has 0 aromatic heterocycles. The Morgan fingerprint density at radius 2 is 1.50 bits per heavy atom. The van der Waals surface area contributed by atoms with Gasteiger partial charge in [-0.3, -0.25) is 0 Å². The SMILES string of the molecule is CC(=C(F)B1OC(C)(C)C(C)(C)O1)c1ccc(Cl)cc1. The lowest BCUT2D eigenvalue weighted by molar-refractivity contribution is 0.00578. The van der Waals surface area contributed by atoms with Crippen LogP contribution >= 0.6 is 11.6 Å². The number of rotatable bonds is 2. The van der Waals surface area contributed by atoms with Crippen molar-refractivity contribution < 1.29 is 13.7 Å². The molecular formula is C15H19BClFO2. The van der Waals surface area contributed by atoms with Crippen LogP contribution in [0.15, 0.2) is 30.0 Å². The van der Waals surface area contributed by atoms with Crippen LogP contribution in [0.1, 0.15) is 40.2 Å². The minimum atomic E-state index is -0.962. The van der Waals surface area contributed by atoms with Crippen molar-refractivity contribution >= 4 is 24.3 Å². The molecule has 1 aromatic carbocycles. The van der Waals surface area contributed by atoms with Gasteiger partial charge < -0.3 is 9.31 Å². The molecule has 1 heterocycles. The van der Waals surface area contributed by atoms with Crippen LogP contribution in [0.4, 0.5) is 4.39 Å². The molecule has 0 N–H and O–H groups in total. The first kappa shape index (κ1) is 15.6. The van der Waals surface area contributed by atoms with Crippen LogP contribution in [0.5, 0.6) is 0 Å². The van der Waals surface area contributed by atoms with Gasteiger partial charge in [0.2, 0.25) is 0 Å². The van der Waals surface area contributed by atoms with Gasteiger partial charge in [-0.2, -0.15) is 0 Å². The first-order valence-electron chi connectivity index (χ1n) is 6.62. The van der Waals surface area contributed by atoms with Crippen molar-refractivity contribution in [2.45, 2.75) is 45.8 Å². The number of hydrogen-bond acceptors (Lipinski definition) is 2. The van der Waals surface area contributed by atoms with E-state index in [4.69, 9.17) is 20.9 Å². The van der Waals surface area contributed by atoms with Crippen molar-refractivity contribution in [3.63, 3.8) is 0 Å². The molecule has 0 atom stereocenters. The fourth-order valence-corrected chi connectivity index (χ4v) is 2.09. The molecule has 1 fully saturated rings. The third kappa shape index (κ3) is 2.78. The average molecular weight is 297 g/mol. The molecule has 2 rings (SSSR count). The molecule has 0 spiro atoms. The van der Waals surface area contributed by atoms with Gasteiger partial charge in [-0.1, -0.05) is 23.7 Å². The highest BCUT2D eigenvalue weighted by molar-refractivity contribution is 6.55. The quantitative estimate of drug-likeness (QED) is 0.738. The average Bonchev–Trinajstić information content (AvgIpc) is 2.57. The summed E-state index contributed by atoms with van der Waals surface area (Å²) in [7, 11) is -0.962. The highest BCUT2D eigenvalue weighted by atomic mass is 35.5. The topological polar surface area (TPSA) is 18.5 Å². The summed E-state index contributed by atoms with van der Waals surface area (Å²) in [6, 6.07) is 7.03. The lowest BCUT2D eigenvalue weighted by Crippen LogP contribution is -2.41. The molecule has 5 heteroatoms. The maximum atomic E-state index is 14.6. The van der Waals surface area contributed by atoms with Crippen LogP contribution in [0.25, 0.3) is 5.57 Å². The summed E-state index contributed by atoms with van der Waals surface area (Å²) in [5, 5.41) is 0.623. The first-order valence-corrected chi connectivity index (χ1v) is 7.00. The zero-order chi connectivity index (χ0) is 15.1. The summed E-state index contributed by atoms with van der Waals surface area (Å²) in [6.45, 7) is 9.31. The highest BCUT2D eigenvalue weighted by Crippen LogP contribution is 2.40. The maximum Gasteiger partial charge on any atom is 0.525 e. The molecule has 2 nitrogen and oxygen atoms in total. The monoisotopic (exact) mass is 296 g/mol. The Morgan fingerprint density at radius 1 is 1.05 bits per heavy atom. The van der Waals surface area contributed by atoms with Gasteiger partial charge in [0.05, 0.1) is 11.2 Å². The zero-order valence-electron chi connectivity index (χ0n) is 12.5. The fourth-order valence-electron chi connectivity index (χ4n) is 1.96. The number of allylic oxidation sites excluding steroid dienone is 1. The lowest BCUT2D eigenvalue weighted by Gasteiger charge is -2.32. The molecule has 0 aliphatic carbocycles. The first-order chi connectivity index (χ1) is 9.14. The summed E-state index contributed by atoms with van der Waals surface area (Å²) in [4.78, 5) is 0. The van der Waals surface area contributed by atoms with Gasteiger partial charge in [0.1, 0.15) is 5.73 Å². The molecular weight excluding hydrogens is 277 g/mol. The lowest BCUT2D eigenvalue weighted by atomic mass is 9.83. The van der Waals surface area contributed by atoms with Crippen molar-refractivity contribution in [3.8, 4) is 0 Å². The number of hydrogen-bond donors (Lipinski definition) is 0. The number of benzene rings is 1. The van der Waals surface area contributed by atoms with Crippen LogP contribution in [0.2, 0.25) is 5.02 Å². The molecule has 0 saturated carbocycles. The Kier molecular flexibility index (Phi) is 4.02. The largest absolute Gasteiger partial charge is 0.525 e. The summed E-state index contributed by atoms with van der Waals surface area (Å²) in [5.74, 6) is 0. The van der Waals surface area contributed by atoms with E-state index in [1.807, 2.05) is 27.7 Å². The van der Waals surface area contributed by atoms with Crippen LogP contribution < -0.4 is 0 Å². The highest BCUT2D eigenvalue weighted by Gasteiger charge is 2.53. The Hall–Kier alpha value is -0.835. The van der Waals surface area contributed by atoms with Crippen LogP contribution in [-0.2, 0) is 9.31 Å². The normalized spacial score (nSPS) is 21.9. The van der Waals surface area contributed by atoms with E-state index < -0.39 is 24.0 Å². The van der Waals surface area contributed by atoms with E-state index in [1.54, 1.807) is 31.2 Å². The molecule has 1 aromatic rings. The van der Waals surface area contributed by atoms with Gasteiger partial charge in [0, 0.05) is 5.02 Å². The standard InChI is InChI=1S/C15H19BClFO2/c1-10(11-6-8-12(17)9-7-11)13(18)16-19-14(2,3)15(4,5)20-16/h6-9H,1-5H3. The number of halogens is 2. The van der Waals surface area contributed by atoms with Crippen LogP contribution in [0, 0.1) is 0 Å². The second-order valence-electron chi connectivity index (χ2n) is 6.07. The summed E-state index contributed by atoms with van der Waals surface area (Å²) in [6.07, 6.45) is 0. The molecule has 1 aliphatic rings. The van der Waals surface area contributed by atoms with E-state index in [0.29, 0.717) is 10.6 Å². The minimum Gasteiger partial charge on any atom is -0.398 e. The van der Waals surface area contributed by atoms with Crippen molar-refractivity contribution in [1.82, 2.24) is 0 Å². The van der Waals surface area contributed by atoms with Crippen molar-refractivity contribution in [2.24, 2.45) is 0 Å². The van der Waals surface area contributed by atoms with Crippen molar-refractivity contribution in [2.75, 3.05) is 0 Å². The summed E-state index contributed by atoms with van der Waals surface area (Å²) < 4.78 is 26.0. The molecule has 0 bridgehead atoms. The van der Waals surface area contributed by atoms with E-state index >= 15 is 0 Å². The van der Waals surface area contributed by atoms with E-state index in [0.717, 1.165) is 5.56 Å². The predicted molar refractivity (Wildman–Crippen MR) is 81.2 cm³/mol. The van der Waals surface area contributed by atoms with Gasteiger partial charge in [-0.15, -0.1) is 0 Å². The van der Waals surface area contributed by atoms with Gasteiger partial charge in [0.15, 0.2) is 0 Å². The Bertz CT molecular complexity index is 521. The van der Waals surface area contributed by atoms with Crippen molar-refractivity contribution in [3.05, 3.63) is 40.6 Å². The van der Waals surface area contributed by atoms with Gasteiger partial charge in [-0.25, -0.2) is 4.39 Å². The Balaban J connectivity index is 2.29. The molecule has 0 amide bonds. The third-order valence-corrected chi connectivity index (χ3v) is 4.35. The van der Waals surface area contributed by atoms with Gasteiger partial charge in [-0.05, 0) is 57.9 Å². The minimum absolute atomic E-state index is 0.397. The second kappa shape index (κ2) is 5.17. The zero-order valence-corrected chi connectivity index (χ0v) is 13.2.